The van der Waals surface area contributed by atoms with Gasteiger partial charge in [0.15, 0.2) is 11.5 Å². The number of hydrogen-bond acceptors (Lipinski definition) is 6. The highest BCUT2D eigenvalue weighted by Gasteiger charge is 2.23. The summed E-state index contributed by atoms with van der Waals surface area (Å²) in [5.41, 5.74) is 1.86. The van der Waals surface area contributed by atoms with Gasteiger partial charge < -0.3 is 14.2 Å². The van der Waals surface area contributed by atoms with Crippen LogP contribution in [0.2, 0.25) is 0 Å². The Hall–Kier alpha value is -2.18. The first-order valence-electron chi connectivity index (χ1n) is 8.60. The van der Waals surface area contributed by atoms with Gasteiger partial charge in [-0.05, 0) is 31.5 Å². The quantitative estimate of drug-likeness (QED) is 0.770. The summed E-state index contributed by atoms with van der Waals surface area (Å²) >= 11 is 0. The smallest absolute Gasteiger partial charge is 0.183 e. The fourth-order valence-corrected chi connectivity index (χ4v) is 3.15. The molecule has 0 aliphatic carbocycles. The second-order valence-electron chi connectivity index (χ2n) is 6.12. The van der Waals surface area contributed by atoms with E-state index >= 15 is 0 Å². The molecule has 1 aliphatic heterocycles. The highest BCUT2D eigenvalue weighted by atomic mass is 16.5. The lowest BCUT2D eigenvalue weighted by Crippen LogP contribution is -2.39. The lowest BCUT2D eigenvalue weighted by Gasteiger charge is -2.32. The van der Waals surface area contributed by atoms with Crippen LogP contribution in [-0.2, 0) is 17.9 Å². The van der Waals surface area contributed by atoms with Crippen LogP contribution in [0.1, 0.15) is 24.2 Å². The lowest BCUT2D eigenvalue weighted by atomic mass is 10.1. The predicted octanol–water partition coefficient (Wildman–Crippen LogP) is 2.68. The zero-order chi connectivity index (χ0) is 17.5. The van der Waals surface area contributed by atoms with Crippen LogP contribution in [0.25, 0.3) is 0 Å². The Morgan fingerprint density at radius 1 is 1.12 bits per heavy atom. The first-order valence-corrected chi connectivity index (χ1v) is 8.60. The molecule has 25 heavy (non-hydrogen) atoms. The minimum atomic E-state index is 0.215. The Bertz CT molecular complexity index is 666. The monoisotopic (exact) mass is 343 g/mol. The number of nitrogens with zero attached hydrogens (tertiary/aromatic N) is 3. The highest BCUT2D eigenvalue weighted by molar-refractivity contribution is 5.42. The molecule has 6 nitrogen and oxygen atoms in total. The van der Waals surface area contributed by atoms with Gasteiger partial charge in [-0.15, -0.1) is 0 Å². The van der Waals surface area contributed by atoms with Crippen molar-refractivity contribution in [3.8, 4) is 11.5 Å². The van der Waals surface area contributed by atoms with Crippen molar-refractivity contribution in [1.29, 1.82) is 0 Å². The number of ether oxygens (including phenoxy) is 3. The van der Waals surface area contributed by atoms with E-state index < -0.39 is 0 Å². The number of hydrogen-bond donors (Lipinski definition) is 0. The standard InChI is InChI=1S/C19H25N3O3/c1-23-18-8-10-21-17(19(18)24-2)13-22-11-5-7-16(12-22)25-14-15-6-3-4-9-20-15/h3-4,6,8-10,16H,5,7,11-14H2,1-2H3. The molecule has 134 valence electrons. The van der Waals surface area contributed by atoms with Gasteiger partial charge in [0, 0.05) is 31.5 Å². The van der Waals surface area contributed by atoms with E-state index in [1.165, 1.54) is 0 Å². The molecular weight excluding hydrogens is 318 g/mol. The average Bonchev–Trinajstić information content (AvgIpc) is 2.67. The Kier molecular flexibility index (Phi) is 6.19. The SMILES string of the molecule is COc1ccnc(CN2CCCC(OCc3ccccn3)C2)c1OC. The summed E-state index contributed by atoms with van der Waals surface area (Å²) in [6.45, 7) is 3.20. The number of aromatic nitrogens is 2. The molecule has 3 rings (SSSR count). The van der Waals surface area contributed by atoms with Crippen LogP contribution in [0, 0.1) is 0 Å². The van der Waals surface area contributed by atoms with E-state index in [0.717, 1.165) is 43.9 Å². The van der Waals surface area contributed by atoms with Gasteiger partial charge in [-0.3, -0.25) is 14.9 Å². The maximum Gasteiger partial charge on any atom is 0.183 e. The largest absolute Gasteiger partial charge is 0.493 e. The summed E-state index contributed by atoms with van der Waals surface area (Å²) < 4.78 is 16.9. The van der Waals surface area contributed by atoms with E-state index in [-0.39, 0.29) is 6.10 Å². The van der Waals surface area contributed by atoms with Crippen molar-refractivity contribution in [1.82, 2.24) is 14.9 Å². The van der Waals surface area contributed by atoms with E-state index in [0.29, 0.717) is 18.1 Å². The molecule has 0 spiro atoms. The van der Waals surface area contributed by atoms with Crippen LogP contribution in [0.4, 0.5) is 0 Å². The van der Waals surface area contributed by atoms with Crippen LogP contribution >= 0.6 is 0 Å². The molecule has 1 unspecified atom stereocenters. The molecule has 3 heterocycles. The van der Waals surface area contributed by atoms with Crippen LogP contribution in [0.5, 0.6) is 11.5 Å². The molecule has 1 saturated heterocycles. The van der Waals surface area contributed by atoms with Crippen molar-refractivity contribution < 1.29 is 14.2 Å². The van der Waals surface area contributed by atoms with Gasteiger partial charge in [0.2, 0.25) is 0 Å². The third-order valence-electron chi connectivity index (χ3n) is 4.39. The Morgan fingerprint density at radius 2 is 2.04 bits per heavy atom. The van der Waals surface area contributed by atoms with Gasteiger partial charge in [0.1, 0.15) is 5.69 Å². The third-order valence-corrected chi connectivity index (χ3v) is 4.39. The second kappa shape index (κ2) is 8.78. The van der Waals surface area contributed by atoms with Gasteiger partial charge in [0.05, 0.1) is 32.6 Å². The highest BCUT2D eigenvalue weighted by Crippen LogP contribution is 2.30. The second-order valence-corrected chi connectivity index (χ2v) is 6.12. The van der Waals surface area contributed by atoms with Gasteiger partial charge in [-0.2, -0.15) is 0 Å². The molecule has 0 radical (unpaired) electrons. The topological polar surface area (TPSA) is 56.7 Å². The Morgan fingerprint density at radius 3 is 2.80 bits per heavy atom. The first kappa shape index (κ1) is 17.6. The molecule has 0 amide bonds. The molecule has 0 N–H and O–H groups in total. The fraction of sp³-hybridized carbons (Fsp3) is 0.474. The molecule has 1 aliphatic rings. The van der Waals surface area contributed by atoms with E-state index in [1.807, 2.05) is 24.3 Å². The zero-order valence-electron chi connectivity index (χ0n) is 14.9. The molecular formula is C19H25N3O3. The van der Waals surface area contributed by atoms with Gasteiger partial charge in [-0.25, -0.2) is 0 Å². The van der Waals surface area contributed by atoms with Crippen molar-refractivity contribution in [2.75, 3.05) is 27.3 Å². The van der Waals surface area contributed by atoms with Crippen molar-refractivity contribution in [3.05, 3.63) is 48.0 Å². The third kappa shape index (κ3) is 4.67. The zero-order valence-corrected chi connectivity index (χ0v) is 14.9. The van der Waals surface area contributed by atoms with Crippen LogP contribution < -0.4 is 9.47 Å². The van der Waals surface area contributed by atoms with Crippen molar-refractivity contribution in [2.24, 2.45) is 0 Å². The van der Waals surface area contributed by atoms with Crippen molar-refractivity contribution >= 4 is 0 Å². The fourth-order valence-electron chi connectivity index (χ4n) is 3.15. The summed E-state index contributed by atoms with van der Waals surface area (Å²) in [6.07, 6.45) is 5.96. The number of pyridine rings is 2. The summed E-state index contributed by atoms with van der Waals surface area (Å²) in [7, 11) is 3.29. The molecule has 6 heteroatoms. The number of methoxy groups -OCH3 is 2. The maximum atomic E-state index is 6.06. The maximum absolute atomic E-state index is 6.06. The van der Waals surface area contributed by atoms with E-state index in [1.54, 1.807) is 26.6 Å². The van der Waals surface area contributed by atoms with Crippen molar-refractivity contribution in [3.63, 3.8) is 0 Å². The molecule has 1 atom stereocenters. The molecule has 2 aromatic rings. The van der Waals surface area contributed by atoms with Crippen molar-refractivity contribution in [2.45, 2.75) is 32.1 Å². The minimum absolute atomic E-state index is 0.215. The summed E-state index contributed by atoms with van der Waals surface area (Å²) in [5.74, 6) is 1.42. The molecule has 0 saturated carbocycles. The lowest BCUT2D eigenvalue weighted by molar-refractivity contribution is -0.0137. The predicted molar refractivity (Wildman–Crippen MR) is 94.7 cm³/mol. The Labute approximate surface area is 148 Å². The number of likely N-dealkylation sites (tertiary alicyclic amines) is 1. The van der Waals surface area contributed by atoms with E-state index in [2.05, 4.69) is 14.9 Å². The van der Waals surface area contributed by atoms with Crippen LogP contribution in [-0.4, -0.2) is 48.3 Å². The molecule has 0 aromatic carbocycles. The van der Waals surface area contributed by atoms with Gasteiger partial charge in [0.25, 0.3) is 0 Å². The molecule has 0 bridgehead atoms. The molecule has 2 aromatic heterocycles. The Balaban J connectivity index is 1.58. The van der Waals surface area contributed by atoms with Crippen LogP contribution in [0.15, 0.2) is 36.7 Å². The summed E-state index contributed by atoms with van der Waals surface area (Å²) in [4.78, 5) is 11.1. The van der Waals surface area contributed by atoms with E-state index in [9.17, 15) is 0 Å². The molecule has 1 fully saturated rings. The van der Waals surface area contributed by atoms with E-state index in [4.69, 9.17) is 14.2 Å². The van der Waals surface area contributed by atoms with Crippen LogP contribution in [0.3, 0.4) is 0 Å². The number of piperidine rings is 1. The summed E-state index contributed by atoms with van der Waals surface area (Å²) in [5, 5.41) is 0. The first-order chi connectivity index (χ1) is 12.3. The van der Waals surface area contributed by atoms with Gasteiger partial charge in [-0.1, -0.05) is 6.07 Å². The normalized spacial score (nSPS) is 18.1. The number of rotatable bonds is 7. The average molecular weight is 343 g/mol. The minimum Gasteiger partial charge on any atom is -0.493 e. The summed E-state index contributed by atoms with van der Waals surface area (Å²) in [6, 6.07) is 7.71. The van der Waals surface area contributed by atoms with Gasteiger partial charge >= 0.3 is 0 Å².